The van der Waals surface area contributed by atoms with Crippen LogP contribution in [-0.4, -0.2) is 24.1 Å². The maximum absolute atomic E-state index is 13.3. The minimum Gasteiger partial charge on any atom is -0.456 e. The number of rotatable bonds is 4. The zero-order valence-electron chi connectivity index (χ0n) is 16.4. The van der Waals surface area contributed by atoms with Crippen LogP contribution in [0.1, 0.15) is 24.6 Å². The summed E-state index contributed by atoms with van der Waals surface area (Å²) in [6.45, 7) is 0. The summed E-state index contributed by atoms with van der Waals surface area (Å²) in [4.78, 5) is 22.3. The molecule has 0 unspecified atom stereocenters. The van der Waals surface area contributed by atoms with Crippen molar-refractivity contribution in [2.24, 2.45) is 7.05 Å². The lowest BCUT2D eigenvalue weighted by atomic mass is 10.2. The molecule has 8 nitrogen and oxygen atoms in total. The normalized spacial score (nSPS) is 13.9. The zero-order valence-corrected chi connectivity index (χ0v) is 16.4. The van der Waals surface area contributed by atoms with Gasteiger partial charge in [0, 0.05) is 13.0 Å². The number of aromatic nitrogens is 5. The van der Waals surface area contributed by atoms with Crippen LogP contribution < -0.4 is 10.3 Å². The molecule has 0 N–H and O–H groups in total. The van der Waals surface area contributed by atoms with Gasteiger partial charge in [-0.15, -0.1) is 0 Å². The molecule has 3 heterocycles. The second-order valence-electron chi connectivity index (χ2n) is 7.59. The Morgan fingerprint density at radius 2 is 1.97 bits per heavy atom. The molecule has 154 valence electrons. The van der Waals surface area contributed by atoms with Crippen LogP contribution in [0.15, 0.2) is 58.1 Å². The molecule has 31 heavy (non-hydrogen) atoms. The third kappa shape index (κ3) is 2.81. The van der Waals surface area contributed by atoms with Crippen molar-refractivity contribution in [3.05, 3.63) is 70.8 Å². The molecule has 1 fully saturated rings. The van der Waals surface area contributed by atoms with E-state index in [9.17, 15) is 9.18 Å². The Hall–Kier alpha value is -4.01. The van der Waals surface area contributed by atoms with E-state index >= 15 is 0 Å². The standard InChI is InChI=1S/C22H16FN5O3/c1-27-21-18(20-25-19(26-31-20)12-5-6-12)24-11-28(21)15-3-2-4-16(17(15)22(27)29)30-14-9-7-13(23)8-10-14/h2-4,7-12H,5-6H2,1H3. The summed E-state index contributed by atoms with van der Waals surface area (Å²) < 4.78 is 27.8. The lowest BCUT2D eigenvalue weighted by Crippen LogP contribution is -2.20. The van der Waals surface area contributed by atoms with Gasteiger partial charge in [-0.05, 0) is 49.2 Å². The Morgan fingerprint density at radius 3 is 2.74 bits per heavy atom. The molecule has 1 aliphatic carbocycles. The van der Waals surface area contributed by atoms with Crippen LogP contribution in [-0.2, 0) is 7.05 Å². The molecule has 0 spiro atoms. The lowest BCUT2D eigenvalue weighted by molar-refractivity contribution is 0.422. The molecule has 0 saturated heterocycles. The summed E-state index contributed by atoms with van der Waals surface area (Å²) in [6.07, 6.45) is 3.74. The number of aryl methyl sites for hydroxylation is 1. The van der Waals surface area contributed by atoms with Gasteiger partial charge in [-0.25, -0.2) is 9.37 Å². The fraction of sp³-hybridized carbons (Fsp3) is 0.182. The fourth-order valence-corrected chi connectivity index (χ4v) is 3.74. The second kappa shape index (κ2) is 6.49. The first kappa shape index (κ1) is 17.8. The highest BCUT2D eigenvalue weighted by molar-refractivity contribution is 5.88. The quantitative estimate of drug-likeness (QED) is 0.439. The van der Waals surface area contributed by atoms with E-state index in [0.717, 1.165) is 12.8 Å². The fourth-order valence-electron chi connectivity index (χ4n) is 3.74. The number of hydrogen-bond acceptors (Lipinski definition) is 6. The molecule has 0 radical (unpaired) electrons. The monoisotopic (exact) mass is 417 g/mol. The molecule has 5 aromatic rings. The predicted molar refractivity (Wildman–Crippen MR) is 110 cm³/mol. The van der Waals surface area contributed by atoms with Crippen LogP contribution in [0.2, 0.25) is 0 Å². The minimum atomic E-state index is -0.361. The molecular weight excluding hydrogens is 401 g/mol. The Labute approximate surface area is 174 Å². The highest BCUT2D eigenvalue weighted by Gasteiger charge is 2.30. The van der Waals surface area contributed by atoms with E-state index in [4.69, 9.17) is 9.26 Å². The van der Waals surface area contributed by atoms with Crippen LogP contribution >= 0.6 is 0 Å². The number of fused-ring (bicyclic) bond motifs is 3. The first-order valence-electron chi connectivity index (χ1n) is 9.86. The van der Waals surface area contributed by atoms with E-state index in [-0.39, 0.29) is 17.3 Å². The van der Waals surface area contributed by atoms with E-state index in [1.165, 1.54) is 28.8 Å². The van der Waals surface area contributed by atoms with Crippen LogP contribution in [0.5, 0.6) is 11.5 Å². The summed E-state index contributed by atoms with van der Waals surface area (Å²) in [5, 5.41) is 4.44. The topological polar surface area (TPSA) is 87.5 Å². The van der Waals surface area contributed by atoms with E-state index in [1.54, 1.807) is 29.9 Å². The second-order valence-corrected chi connectivity index (χ2v) is 7.59. The van der Waals surface area contributed by atoms with Gasteiger partial charge in [0.2, 0.25) is 0 Å². The maximum Gasteiger partial charge on any atom is 0.280 e. The Kier molecular flexibility index (Phi) is 3.73. The average molecular weight is 417 g/mol. The Morgan fingerprint density at radius 1 is 1.16 bits per heavy atom. The summed E-state index contributed by atoms with van der Waals surface area (Å²) in [5.74, 6) is 1.76. The van der Waals surface area contributed by atoms with E-state index in [0.29, 0.717) is 45.5 Å². The van der Waals surface area contributed by atoms with Crippen molar-refractivity contribution < 1.29 is 13.7 Å². The third-order valence-corrected chi connectivity index (χ3v) is 5.47. The number of hydrogen-bond donors (Lipinski definition) is 0. The molecule has 0 aliphatic heterocycles. The molecular formula is C22H16FN5O3. The third-order valence-electron chi connectivity index (χ3n) is 5.47. The first-order chi connectivity index (χ1) is 15.1. The maximum atomic E-state index is 13.3. The number of imidazole rings is 1. The van der Waals surface area contributed by atoms with Gasteiger partial charge in [0.15, 0.2) is 17.2 Å². The van der Waals surface area contributed by atoms with Crippen molar-refractivity contribution in [1.82, 2.24) is 24.1 Å². The van der Waals surface area contributed by atoms with Gasteiger partial charge in [-0.1, -0.05) is 11.2 Å². The number of ether oxygens (including phenoxy) is 1. The number of halogens is 1. The van der Waals surface area contributed by atoms with E-state index in [2.05, 4.69) is 15.1 Å². The molecule has 3 aromatic heterocycles. The van der Waals surface area contributed by atoms with Gasteiger partial charge < -0.3 is 9.26 Å². The number of nitrogens with zero attached hydrogens (tertiary/aromatic N) is 5. The molecule has 1 saturated carbocycles. The summed E-state index contributed by atoms with van der Waals surface area (Å²) in [5.41, 5.74) is 1.36. The van der Waals surface area contributed by atoms with Gasteiger partial charge in [0.1, 0.15) is 29.0 Å². The minimum absolute atomic E-state index is 0.260. The smallest absolute Gasteiger partial charge is 0.280 e. The molecule has 9 heteroatoms. The lowest BCUT2D eigenvalue weighted by Gasteiger charge is -2.12. The van der Waals surface area contributed by atoms with Crippen molar-refractivity contribution in [2.45, 2.75) is 18.8 Å². The first-order valence-corrected chi connectivity index (χ1v) is 9.86. The van der Waals surface area contributed by atoms with Crippen molar-refractivity contribution in [3.63, 3.8) is 0 Å². The summed E-state index contributed by atoms with van der Waals surface area (Å²) >= 11 is 0. The zero-order chi connectivity index (χ0) is 21.1. The number of benzene rings is 2. The van der Waals surface area contributed by atoms with Gasteiger partial charge in [0.05, 0.1) is 5.52 Å². The highest BCUT2D eigenvalue weighted by atomic mass is 19.1. The van der Waals surface area contributed by atoms with Gasteiger partial charge in [-0.2, -0.15) is 4.98 Å². The van der Waals surface area contributed by atoms with Crippen LogP contribution in [0, 0.1) is 5.82 Å². The van der Waals surface area contributed by atoms with Gasteiger partial charge in [0.25, 0.3) is 11.4 Å². The summed E-state index contributed by atoms with van der Waals surface area (Å²) in [6, 6.07) is 10.9. The highest BCUT2D eigenvalue weighted by Crippen LogP contribution is 2.39. The largest absolute Gasteiger partial charge is 0.456 e. The average Bonchev–Trinajstić information content (AvgIpc) is 3.33. The van der Waals surface area contributed by atoms with Crippen molar-refractivity contribution in [3.8, 4) is 23.1 Å². The molecule has 0 amide bonds. The molecule has 0 bridgehead atoms. The van der Waals surface area contributed by atoms with Gasteiger partial charge >= 0.3 is 0 Å². The Balaban J connectivity index is 1.54. The molecule has 6 rings (SSSR count). The molecule has 0 atom stereocenters. The Bertz CT molecular complexity index is 1510. The van der Waals surface area contributed by atoms with Crippen molar-refractivity contribution >= 4 is 16.6 Å². The van der Waals surface area contributed by atoms with E-state index < -0.39 is 0 Å². The van der Waals surface area contributed by atoms with E-state index in [1.807, 2.05) is 6.07 Å². The van der Waals surface area contributed by atoms with Crippen molar-refractivity contribution in [2.75, 3.05) is 0 Å². The van der Waals surface area contributed by atoms with Crippen LogP contribution in [0.25, 0.3) is 28.1 Å². The SMILES string of the molecule is Cn1c(=O)c2c(Oc3ccc(F)cc3)cccc2n2cnc(-c3nc(C4CC4)no3)c12. The van der Waals surface area contributed by atoms with Crippen LogP contribution in [0.3, 0.4) is 0 Å². The van der Waals surface area contributed by atoms with Crippen LogP contribution in [0.4, 0.5) is 4.39 Å². The summed E-state index contributed by atoms with van der Waals surface area (Å²) in [7, 11) is 1.66. The molecule has 1 aliphatic rings. The van der Waals surface area contributed by atoms with Gasteiger partial charge in [-0.3, -0.25) is 13.8 Å². The molecule has 2 aromatic carbocycles. The van der Waals surface area contributed by atoms with Crippen molar-refractivity contribution in [1.29, 1.82) is 0 Å². The predicted octanol–water partition coefficient (Wildman–Crippen LogP) is 4.05.